The Morgan fingerprint density at radius 2 is 2.24 bits per heavy atom. The van der Waals surface area contributed by atoms with Gasteiger partial charge in [0.05, 0.1) is 6.61 Å². The summed E-state index contributed by atoms with van der Waals surface area (Å²) in [7, 11) is 0. The van der Waals surface area contributed by atoms with Crippen molar-refractivity contribution in [3.8, 4) is 5.75 Å². The van der Waals surface area contributed by atoms with Crippen LogP contribution in [0.5, 0.6) is 5.75 Å². The molecule has 2 aliphatic rings. The highest BCUT2D eigenvalue weighted by Gasteiger charge is 2.44. The van der Waals surface area contributed by atoms with Gasteiger partial charge in [-0.2, -0.15) is 0 Å². The second-order valence-electron chi connectivity index (χ2n) is 5.31. The van der Waals surface area contributed by atoms with Gasteiger partial charge in [-0.25, -0.2) is 0 Å². The highest BCUT2D eigenvalue weighted by Crippen LogP contribution is 2.47. The summed E-state index contributed by atoms with van der Waals surface area (Å²) in [5.74, 6) is 1.30. The molecule has 0 saturated heterocycles. The summed E-state index contributed by atoms with van der Waals surface area (Å²) < 4.78 is 6.69. The average molecular weight is 295 g/mol. The van der Waals surface area contributed by atoms with Gasteiger partial charge < -0.3 is 4.74 Å². The maximum Gasteiger partial charge on any atom is 0.143 e. The molecule has 1 aromatic carbocycles. The van der Waals surface area contributed by atoms with Crippen LogP contribution in [0.3, 0.4) is 0 Å². The lowest BCUT2D eigenvalue weighted by molar-refractivity contribution is -0.122. The zero-order chi connectivity index (χ0) is 12.0. The quantitative estimate of drug-likeness (QED) is 0.855. The third-order valence-corrected chi connectivity index (χ3v) is 4.31. The number of benzene rings is 1. The number of hydrogen-bond acceptors (Lipinski definition) is 2. The molecular formula is C14H15BrO2. The van der Waals surface area contributed by atoms with Gasteiger partial charge in [0.1, 0.15) is 11.5 Å². The number of hydrogen-bond donors (Lipinski definition) is 0. The van der Waals surface area contributed by atoms with Crippen LogP contribution in [0.15, 0.2) is 16.6 Å². The third kappa shape index (κ3) is 2.01. The Morgan fingerprint density at radius 1 is 1.47 bits per heavy atom. The molecule has 3 rings (SSSR count). The molecule has 17 heavy (non-hydrogen) atoms. The van der Waals surface area contributed by atoms with E-state index in [1.54, 1.807) is 0 Å². The van der Waals surface area contributed by atoms with Crippen LogP contribution in [0.1, 0.15) is 30.9 Å². The summed E-state index contributed by atoms with van der Waals surface area (Å²) in [4.78, 5) is 12.1. The molecule has 0 amide bonds. The summed E-state index contributed by atoms with van der Waals surface area (Å²) in [5.41, 5.74) is 2.22. The highest BCUT2D eigenvalue weighted by atomic mass is 79.9. The fraction of sp³-hybridized carbons (Fsp3) is 0.500. The summed E-state index contributed by atoms with van der Waals surface area (Å²) >= 11 is 3.50. The van der Waals surface area contributed by atoms with Crippen molar-refractivity contribution in [1.29, 1.82) is 0 Å². The molecule has 0 spiro atoms. The van der Waals surface area contributed by atoms with Gasteiger partial charge in [-0.15, -0.1) is 0 Å². The molecule has 2 nitrogen and oxygen atoms in total. The molecule has 0 atom stereocenters. The number of Topliss-reactive ketones (excluding diaryl/α,β-unsaturated/α-hetero) is 1. The second kappa shape index (κ2) is 3.84. The monoisotopic (exact) mass is 294 g/mol. The minimum absolute atomic E-state index is 0.0478. The van der Waals surface area contributed by atoms with Crippen molar-refractivity contribution in [2.45, 2.75) is 32.6 Å². The van der Waals surface area contributed by atoms with Gasteiger partial charge in [-0.1, -0.05) is 22.9 Å². The minimum atomic E-state index is -0.0478. The van der Waals surface area contributed by atoms with E-state index in [1.807, 2.05) is 6.07 Å². The maximum atomic E-state index is 12.1. The molecule has 1 aromatic rings. The van der Waals surface area contributed by atoms with Crippen molar-refractivity contribution >= 4 is 21.7 Å². The molecule has 0 unspecified atom stereocenters. The van der Waals surface area contributed by atoms with E-state index in [0.717, 1.165) is 41.7 Å². The molecule has 1 fully saturated rings. The number of rotatable bonds is 3. The lowest BCUT2D eigenvalue weighted by Crippen LogP contribution is -2.14. The van der Waals surface area contributed by atoms with Crippen LogP contribution in [0.2, 0.25) is 0 Å². The summed E-state index contributed by atoms with van der Waals surface area (Å²) in [5, 5.41) is 0. The van der Waals surface area contributed by atoms with Crippen LogP contribution < -0.4 is 4.74 Å². The summed E-state index contributed by atoms with van der Waals surface area (Å²) in [6, 6.07) is 4.11. The number of carbonyl (C=O) groups excluding carboxylic acids is 1. The Balaban J connectivity index is 1.90. The van der Waals surface area contributed by atoms with Gasteiger partial charge in [0.25, 0.3) is 0 Å². The first-order valence-electron chi connectivity index (χ1n) is 6.06. The molecule has 0 radical (unpaired) electrons. The number of ether oxygens (including phenoxy) is 1. The van der Waals surface area contributed by atoms with Crippen molar-refractivity contribution in [1.82, 2.24) is 0 Å². The van der Waals surface area contributed by atoms with E-state index in [2.05, 4.69) is 28.9 Å². The molecule has 0 bridgehead atoms. The molecule has 1 aliphatic heterocycles. The van der Waals surface area contributed by atoms with Crippen molar-refractivity contribution < 1.29 is 9.53 Å². The summed E-state index contributed by atoms with van der Waals surface area (Å²) in [6.07, 6.45) is 3.55. The number of halogens is 1. The molecule has 3 heteroatoms. The van der Waals surface area contributed by atoms with E-state index in [4.69, 9.17) is 4.74 Å². The van der Waals surface area contributed by atoms with E-state index in [1.165, 1.54) is 5.56 Å². The predicted molar refractivity (Wildman–Crippen MR) is 69.4 cm³/mol. The first-order valence-corrected chi connectivity index (χ1v) is 6.85. The van der Waals surface area contributed by atoms with Crippen LogP contribution in [0.4, 0.5) is 0 Å². The molecule has 1 heterocycles. The SMILES string of the molecule is CC1(C(=O)Cc2cc(Br)cc3c2OCC3)CC1. The normalized spacial score (nSPS) is 19.6. The zero-order valence-corrected chi connectivity index (χ0v) is 11.5. The van der Waals surface area contributed by atoms with Gasteiger partial charge in [0.2, 0.25) is 0 Å². The van der Waals surface area contributed by atoms with Crippen LogP contribution in [0, 0.1) is 5.41 Å². The van der Waals surface area contributed by atoms with Crippen LogP contribution in [0.25, 0.3) is 0 Å². The smallest absolute Gasteiger partial charge is 0.143 e. The first kappa shape index (κ1) is 11.3. The van der Waals surface area contributed by atoms with E-state index in [0.29, 0.717) is 12.2 Å². The molecule has 0 aromatic heterocycles. The van der Waals surface area contributed by atoms with Crippen LogP contribution >= 0.6 is 15.9 Å². The van der Waals surface area contributed by atoms with Crippen molar-refractivity contribution in [3.05, 3.63) is 27.7 Å². The number of carbonyl (C=O) groups is 1. The lowest BCUT2D eigenvalue weighted by atomic mass is 9.95. The van der Waals surface area contributed by atoms with Crippen molar-refractivity contribution in [2.24, 2.45) is 5.41 Å². The summed E-state index contributed by atoms with van der Waals surface area (Å²) in [6.45, 7) is 2.80. The van der Waals surface area contributed by atoms with Crippen LogP contribution in [-0.4, -0.2) is 12.4 Å². The fourth-order valence-electron chi connectivity index (χ4n) is 2.33. The maximum absolute atomic E-state index is 12.1. The first-order chi connectivity index (χ1) is 8.08. The molecule has 1 saturated carbocycles. The molecule has 1 aliphatic carbocycles. The topological polar surface area (TPSA) is 26.3 Å². The molecule has 0 N–H and O–H groups in total. The second-order valence-corrected chi connectivity index (χ2v) is 6.23. The fourth-order valence-corrected chi connectivity index (χ4v) is 2.88. The van der Waals surface area contributed by atoms with E-state index < -0.39 is 0 Å². The Hall–Kier alpha value is -0.830. The zero-order valence-electron chi connectivity index (χ0n) is 9.88. The average Bonchev–Trinajstić information content (AvgIpc) is 2.86. The Labute approximate surface area is 109 Å². The standard InChI is InChI=1S/C14H15BrO2/c1-14(3-4-14)12(16)8-10-7-11(15)6-9-2-5-17-13(9)10/h6-7H,2-5,8H2,1H3. The highest BCUT2D eigenvalue weighted by molar-refractivity contribution is 9.10. The largest absolute Gasteiger partial charge is 0.493 e. The Bertz CT molecular complexity index is 489. The molecule has 90 valence electrons. The van der Waals surface area contributed by atoms with Gasteiger partial charge in [-0.3, -0.25) is 4.79 Å². The van der Waals surface area contributed by atoms with Gasteiger partial charge in [-0.05, 0) is 30.5 Å². The van der Waals surface area contributed by atoms with Crippen LogP contribution in [-0.2, 0) is 17.6 Å². The molecular weight excluding hydrogens is 280 g/mol. The Morgan fingerprint density at radius 3 is 2.94 bits per heavy atom. The van der Waals surface area contributed by atoms with Gasteiger partial charge in [0, 0.05) is 28.3 Å². The van der Waals surface area contributed by atoms with E-state index >= 15 is 0 Å². The lowest BCUT2D eigenvalue weighted by Gasteiger charge is -2.11. The van der Waals surface area contributed by atoms with E-state index in [9.17, 15) is 4.79 Å². The van der Waals surface area contributed by atoms with E-state index in [-0.39, 0.29) is 5.41 Å². The Kier molecular flexibility index (Phi) is 2.54. The predicted octanol–water partition coefficient (Wildman–Crippen LogP) is 3.30. The minimum Gasteiger partial charge on any atom is -0.493 e. The van der Waals surface area contributed by atoms with Gasteiger partial charge >= 0.3 is 0 Å². The third-order valence-electron chi connectivity index (χ3n) is 3.85. The number of ketones is 1. The van der Waals surface area contributed by atoms with Crippen molar-refractivity contribution in [2.75, 3.05) is 6.61 Å². The number of fused-ring (bicyclic) bond motifs is 1. The van der Waals surface area contributed by atoms with Crippen molar-refractivity contribution in [3.63, 3.8) is 0 Å². The van der Waals surface area contributed by atoms with Gasteiger partial charge in [0.15, 0.2) is 0 Å².